The number of methoxy groups -OCH3 is 2. The number of furan rings is 1. The van der Waals surface area contributed by atoms with Gasteiger partial charge in [-0.25, -0.2) is 0 Å². The topological polar surface area (TPSA) is 84.3 Å². The van der Waals surface area contributed by atoms with Crippen molar-refractivity contribution in [2.24, 2.45) is 0 Å². The van der Waals surface area contributed by atoms with Gasteiger partial charge in [-0.3, -0.25) is 9.59 Å². The molecular formula is C30H28ClN3O5. The molecule has 2 heterocycles. The standard InChI is InChI=1S/C30H28ClN3O5/c1-37-25-17-21(18-26(19-25)38-2)30(36)34-14-12-33(13-15-34)24-8-6-23(7-9-24)32-29(35)28-11-10-27(39-28)20-4-3-5-22(31)16-20/h3-11,16-19H,12-15H2,1-2H3,(H,32,35). The van der Waals surface area contributed by atoms with E-state index in [1.54, 1.807) is 56.7 Å². The normalized spacial score (nSPS) is 13.2. The summed E-state index contributed by atoms with van der Waals surface area (Å²) in [5, 5.41) is 3.47. The van der Waals surface area contributed by atoms with Gasteiger partial charge in [0.1, 0.15) is 17.3 Å². The van der Waals surface area contributed by atoms with Gasteiger partial charge in [-0.05, 0) is 60.7 Å². The van der Waals surface area contributed by atoms with Crippen LogP contribution < -0.4 is 19.7 Å². The molecule has 8 nitrogen and oxygen atoms in total. The van der Waals surface area contributed by atoms with Crippen LogP contribution >= 0.6 is 11.6 Å². The second-order valence-electron chi connectivity index (χ2n) is 9.06. The number of rotatable bonds is 7. The predicted octanol–water partition coefficient (Wildman–Crippen LogP) is 5.83. The smallest absolute Gasteiger partial charge is 0.291 e. The van der Waals surface area contributed by atoms with Crippen molar-refractivity contribution >= 4 is 34.8 Å². The predicted molar refractivity (Wildman–Crippen MR) is 151 cm³/mol. The minimum atomic E-state index is -0.336. The van der Waals surface area contributed by atoms with Crippen LogP contribution in [0.1, 0.15) is 20.9 Å². The summed E-state index contributed by atoms with van der Waals surface area (Å²) in [6.07, 6.45) is 0. The van der Waals surface area contributed by atoms with Gasteiger partial charge in [-0.2, -0.15) is 0 Å². The van der Waals surface area contributed by atoms with Crippen molar-refractivity contribution in [3.05, 3.63) is 95.2 Å². The number of anilines is 2. The first kappa shape index (κ1) is 26.2. The number of amides is 2. The Morgan fingerprint density at radius 2 is 1.54 bits per heavy atom. The van der Waals surface area contributed by atoms with Crippen LogP contribution in [0.15, 0.2) is 83.3 Å². The molecule has 2 amide bonds. The fourth-order valence-electron chi connectivity index (χ4n) is 4.49. The van der Waals surface area contributed by atoms with Crippen molar-refractivity contribution in [1.29, 1.82) is 0 Å². The van der Waals surface area contributed by atoms with Gasteiger partial charge in [0, 0.05) is 59.8 Å². The van der Waals surface area contributed by atoms with Crippen LogP contribution in [0.5, 0.6) is 11.5 Å². The lowest BCUT2D eigenvalue weighted by atomic mass is 10.1. The van der Waals surface area contributed by atoms with E-state index < -0.39 is 0 Å². The second-order valence-corrected chi connectivity index (χ2v) is 9.49. The molecule has 0 spiro atoms. The Morgan fingerprint density at radius 3 is 2.18 bits per heavy atom. The zero-order valence-corrected chi connectivity index (χ0v) is 22.4. The SMILES string of the molecule is COc1cc(OC)cc(C(=O)N2CCN(c3ccc(NC(=O)c4ccc(-c5cccc(Cl)c5)o4)cc3)CC2)c1. The first-order valence-electron chi connectivity index (χ1n) is 12.5. The highest BCUT2D eigenvalue weighted by atomic mass is 35.5. The van der Waals surface area contributed by atoms with Gasteiger partial charge in [0.15, 0.2) is 5.76 Å². The summed E-state index contributed by atoms with van der Waals surface area (Å²) in [6, 6.07) is 23.5. The van der Waals surface area contributed by atoms with Crippen molar-refractivity contribution in [3.63, 3.8) is 0 Å². The highest BCUT2D eigenvalue weighted by molar-refractivity contribution is 6.30. The zero-order chi connectivity index (χ0) is 27.4. The van der Waals surface area contributed by atoms with E-state index in [-0.39, 0.29) is 17.6 Å². The largest absolute Gasteiger partial charge is 0.497 e. The van der Waals surface area contributed by atoms with E-state index in [9.17, 15) is 9.59 Å². The van der Waals surface area contributed by atoms with E-state index in [1.165, 1.54) is 0 Å². The number of hydrogen-bond acceptors (Lipinski definition) is 6. The number of ether oxygens (including phenoxy) is 2. The quantitative estimate of drug-likeness (QED) is 0.314. The third-order valence-electron chi connectivity index (χ3n) is 6.59. The molecule has 5 rings (SSSR count). The molecule has 1 aliphatic rings. The van der Waals surface area contributed by atoms with Crippen LogP contribution in [0.25, 0.3) is 11.3 Å². The van der Waals surface area contributed by atoms with Crippen LogP contribution in [0.3, 0.4) is 0 Å². The van der Waals surface area contributed by atoms with Crippen molar-refractivity contribution in [2.75, 3.05) is 50.6 Å². The molecule has 39 heavy (non-hydrogen) atoms. The minimum absolute atomic E-state index is 0.0543. The van der Waals surface area contributed by atoms with Gasteiger partial charge < -0.3 is 29.0 Å². The fraction of sp³-hybridized carbons (Fsp3) is 0.200. The molecule has 1 aliphatic heterocycles. The van der Waals surface area contributed by atoms with Crippen molar-refractivity contribution in [2.45, 2.75) is 0 Å². The third-order valence-corrected chi connectivity index (χ3v) is 6.83. The first-order chi connectivity index (χ1) is 18.9. The lowest BCUT2D eigenvalue weighted by Crippen LogP contribution is -2.48. The van der Waals surface area contributed by atoms with E-state index in [0.717, 1.165) is 11.3 Å². The summed E-state index contributed by atoms with van der Waals surface area (Å²) < 4.78 is 16.3. The number of nitrogens with one attached hydrogen (secondary N) is 1. The van der Waals surface area contributed by atoms with Gasteiger partial charge in [-0.1, -0.05) is 23.7 Å². The van der Waals surface area contributed by atoms with Gasteiger partial charge in [0.2, 0.25) is 0 Å². The molecule has 0 aliphatic carbocycles. The number of piperazine rings is 1. The zero-order valence-electron chi connectivity index (χ0n) is 21.6. The molecule has 0 atom stereocenters. The summed E-state index contributed by atoms with van der Waals surface area (Å²) in [5.74, 6) is 1.55. The van der Waals surface area contributed by atoms with E-state index in [4.69, 9.17) is 25.5 Å². The summed E-state index contributed by atoms with van der Waals surface area (Å²) in [6.45, 7) is 2.56. The highest BCUT2D eigenvalue weighted by Crippen LogP contribution is 2.27. The Balaban J connectivity index is 1.17. The maximum Gasteiger partial charge on any atom is 0.291 e. The van der Waals surface area contributed by atoms with Gasteiger partial charge in [0.05, 0.1) is 14.2 Å². The summed E-state index contributed by atoms with van der Waals surface area (Å²) >= 11 is 6.06. The molecule has 0 radical (unpaired) electrons. The summed E-state index contributed by atoms with van der Waals surface area (Å²) in [5.41, 5.74) is 3.02. The van der Waals surface area contributed by atoms with Crippen molar-refractivity contribution in [1.82, 2.24) is 4.90 Å². The Labute approximate surface area is 231 Å². The number of nitrogens with zero attached hydrogens (tertiary/aromatic N) is 2. The van der Waals surface area contributed by atoms with Gasteiger partial charge in [-0.15, -0.1) is 0 Å². The number of carbonyl (C=O) groups excluding carboxylic acids is 2. The van der Waals surface area contributed by atoms with E-state index in [0.29, 0.717) is 59.7 Å². The monoisotopic (exact) mass is 545 g/mol. The molecular weight excluding hydrogens is 518 g/mol. The van der Waals surface area contributed by atoms with Crippen molar-refractivity contribution in [3.8, 4) is 22.8 Å². The van der Waals surface area contributed by atoms with Gasteiger partial charge >= 0.3 is 0 Å². The number of halogens is 1. The molecule has 1 saturated heterocycles. The number of carbonyl (C=O) groups is 2. The van der Waals surface area contributed by atoms with Gasteiger partial charge in [0.25, 0.3) is 11.8 Å². The van der Waals surface area contributed by atoms with Crippen LogP contribution in [0.4, 0.5) is 11.4 Å². The Bertz CT molecular complexity index is 1450. The second kappa shape index (κ2) is 11.5. The molecule has 1 N–H and O–H groups in total. The van der Waals surface area contributed by atoms with Crippen LogP contribution in [0, 0.1) is 0 Å². The van der Waals surface area contributed by atoms with Crippen LogP contribution in [0.2, 0.25) is 5.02 Å². The lowest BCUT2D eigenvalue weighted by molar-refractivity contribution is 0.0746. The van der Waals surface area contributed by atoms with E-state index in [1.807, 2.05) is 41.3 Å². The maximum absolute atomic E-state index is 13.1. The molecule has 3 aromatic carbocycles. The number of benzene rings is 3. The Kier molecular flexibility index (Phi) is 7.74. The molecule has 200 valence electrons. The minimum Gasteiger partial charge on any atom is -0.497 e. The maximum atomic E-state index is 13.1. The lowest BCUT2D eigenvalue weighted by Gasteiger charge is -2.36. The van der Waals surface area contributed by atoms with Crippen LogP contribution in [-0.2, 0) is 0 Å². The van der Waals surface area contributed by atoms with Crippen molar-refractivity contribution < 1.29 is 23.5 Å². The molecule has 0 bridgehead atoms. The molecule has 0 saturated carbocycles. The summed E-state index contributed by atoms with van der Waals surface area (Å²) in [4.78, 5) is 29.8. The van der Waals surface area contributed by atoms with Crippen LogP contribution in [-0.4, -0.2) is 57.1 Å². The first-order valence-corrected chi connectivity index (χ1v) is 12.9. The van der Waals surface area contributed by atoms with E-state index >= 15 is 0 Å². The molecule has 4 aromatic rings. The average molecular weight is 546 g/mol. The molecule has 9 heteroatoms. The fourth-order valence-corrected chi connectivity index (χ4v) is 4.68. The molecule has 1 aromatic heterocycles. The highest BCUT2D eigenvalue weighted by Gasteiger charge is 2.23. The summed E-state index contributed by atoms with van der Waals surface area (Å²) in [7, 11) is 3.13. The average Bonchev–Trinajstić information content (AvgIpc) is 3.48. The Hall–Kier alpha value is -4.43. The van der Waals surface area contributed by atoms with E-state index in [2.05, 4.69) is 10.2 Å². The Morgan fingerprint density at radius 1 is 0.846 bits per heavy atom. The molecule has 0 unspecified atom stereocenters. The number of hydrogen-bond donors (Lipinski definition) is 1. The molecule has 1 fully saturated rings. The third kappa shape index (κ3) is 6.02.